The van der Waals surface area contributed by atoms with E-state index in [1.54, 1.807) is 42.5 Å². The van der Waals surface area contributed by atoms with Crippen molar-refractivity contribution in [3.63, 3.8) is 0 Å². The smallest absolute Gasteiger partial charge is 0.440 e. The molecule has 0 spiro atoms. The SMILES string of the molecule is O=C(Cc1ccccc1Nc1c(Cl)cccc1Cl)ONC(=O)OCC(Cl)(Cl)Cl. The van der Waals surface area contributed by atoms with Crippen molar-refractivity contribution < 1.29 is 19.2 Å². The van der Waals surface area contributed by atoms with Gasteiger partial charge in [0.25, 0.3) is 0 Å². The van der Waals surface area contributed by atoms with Gasteiger partial charge in [0.2, 0.25) is 3.79 Å². The second kappa shape index (κ2) is 10.3. The van der Waals surface area contributed by atoms with Gasteiger partial charge in [0.1, 0.15) is 6.61 Å². The summed E-state index contributed by atoms with van der Waals surface area (Å²) in [6.45, 7) is -0.508. The fourth-order valence-electron chi connectivity index (χ4n) is 2.02. The van der Waals surface area contributed by atoms with Gasteiger partial charge in [0, 0.05) is 5.69 Å². The second-order valence-corrected chi connectivity index (χ2v) is 8.65. The Morgan fingerprint density at radius 3 is 2.25 bits per heavy atom. The molecule has 150 valence electrons. The molecule has 0 bridgehead atoms. The quantitative estimate of drug-likeness (QED) is 0.411. The molecule has 28 heavy (non-hydrogen) atoms. The number of carbonyl (C=O) groups is 2. The first-order valence-electron chi connectivity index (χ1n) is 7.64. The van der Waals surface area contributed by atoms with E-state index in [0.717, 1.165) is 0 Å². The van der Waals surface area contributed by atoms with Crippen LogP contribution in [0.3, 0.4) is 0 Å². The summed E-state index contributed by atoms with van der Waals surface area (Å²) in [6.07, 6.45) is -1.23. The van der Waals surface area contributed by atoms with E-state index < -0.39 is 22.5 Å². The van der Waals surface area contributed by atoms with E-state index in [9.17, 15) is 9.59 Å². The predicted octanol–water partition coefficient (Wildman–Crippen LogP) is 5.83. The fraction of sp³-hybridized carbons (Fsp3) is 0.176. The third kappa shape index (κ3) is 7.45. The number of anilines is 2. The molecule has 0 heterocycles. The van der Waals surface area contributed by atoms with Gasteiger partial charge in [-0.05, 0) is 23.8 Å². The largest absolute Gasteiger partial charge is 0.443 e. The summed E-state index contributed by atoms with van der Waals surface area (Å²) in [4.78, 5) is 28.1. The van der Waals surface area contributed by atoms with Crippen LogP contribution in [0.4, 0.5) is 16.2 Å². The summed E-state index contributed by atoms with van der Waals surface area (Å²) in [5.41, 5.74) is 3.49. The molecule has 2 aromatic rings. The molecule has 0 aliphatic rings. The lowest BCUT2D eigenvalue weighted by molar-refractivity contribution is -0.148. The molecule has 0 saturated carbocycles. The minimum atomic E-state index is -1.77. The molecule has 2 rings (SSSR count). The molecular formula is C17H13Cl5N2O4. The standard InChI is InChI=1S/C17H13Cl5N2O4/c18-11-5-3-6-12(19)15(11)23-13-7-2-1-4-10(13)8-14(25)28-24-16(26)27-9-17(20,21)22/h1-7,23H,8-9H2,(H,24,26). The minimum absolute atomic E-state index is 0.157. The van der Waals surface area contributed by atoms with Crippen LogP contribution in [0.25, 0.3) is 0 Å². The lowest BCUT2D eigenvalue weighted by atomic mass is 10.1. The maximum atomic E-state index is 12.0. The number of hydrogen-bond acceptors (Lipinski definition) is 5. The molecule has 0 radical (unpaired) electrons. The minimum Gasteiger partial charge on any atom is -0.443 e. The van der Waals surface area contributed by atoms with Crippen LogP contribution in [0, 0.1) is 0 Å². The van der Waals surface area contributed by atoms with Gasteiger partial charge in [-0.1, -0.05) is 82.3 Å². The van der Waals surface area contributed by atoms with Gasteiger partial charge in [0.05, 0.1) is 22.2 Å². The van der Waals surface area contributed by atoms with Crippen molar-refractivity contribution in [1.82, 2.24) is 5.48 Å². The highest BCUT2D eigenvalue weighted by atomic mass is 35.6. The van der Waals surface area contributed by atoms with Crippen molar-refractivity contribution in [2.75, 3.05) is 11.9 Å². The van der Waals surface area contributed by atoms with Crippen molar-refractivity contribution in [2.24, 2.45) is 0 Å². The number of ether oxygens (including phenoxy) is 1. The van der Waals surface area contributed by atoms with E-state index in [2.05, 4.69) is 14.9 Å². The second-order valence-electron chi connectivity index (χ2n) is 5.32. The molecule has 0 atom stereocenters. The zero-order valence-electron chi connectivity index (χ0n) is 14.0. The van der Waals surface area contributed by atoms with E-state index >= 15 is 0 Å². The Labute approximate surface area is 185 Å². The number of para-hydroxylation sites is 2. The molecule has 2 aromatic carbocycles. The van der Waals surface area contributed by atoms with E-state index in [1.807, 2.05) is 5.48 Å². The summed E-state index contributed by atoms with van der Waals surface area (Å²) in [7, 11) is 0. The van der Waals surface area contributed by atoms with Crippen LogP contribution >= 0.6 is 58.0 Å². The van der Waals surface area contributed by atoms with Gasteiger partial charge in [-0.15, -0.1) is 5.48 Å². The molecule has 0 saturated heterocycles. The Kier molecular flexibility index (Phi) is 8.34. The lowest BCUT2D eigenvalue weighted by Gasteiger charge is -2.14. The van der Waals surface area contributed by atoms with Crippen LogP contribution in [0.1, 0.15) is 5.56 Å². The Hall–Kier alpha value is -1.57. The van der Waals surface area contributed by atoms with Crippen LogP contribution in [0.15, 0.2) is 42.5 Å². The number of amides is 1. The van der Waals surface area contributed by atoms with Crippen LogP contribution < -0.4 is 10.8 Å². The van der Waals surface area contributed by atoms with Crippen molar-refractivity contribution in [3.8, 4) is 0 Å². The maximum absolute atomic E-state index is 12.0. The summed E-state index contributed by atoms with van der Waals surface area (Å²) in [5, 5.41) is 3.93. The number of benzene rings is 2. The highest BCUT2D eigenvalue weighted by molar-refractivity contribution is 6.67. The van der Waals surface area contributed by atoms with Gasteiger partial charge in [0.15, 0.2) is 0 Å². The van der Waals surface area contributed by atoms with Crippen LogP contribution in [-0.2, 0) is 20.8 Å². The summed E-state index contributed by atoms with van der Waals surface area (Å²) in [5.74, 6) is -0.745. The van der Waals surface area contributed by atoms with E-state index in [0.29, 0.717) is 27.0 Å². The summed E-state index contributed by atoms with van der Waals surface area (Å²) in [6, 6.07) is 12.0. The third-order valence-electron chi connectivity index (χ3n) is 3.19. The van der Waals surface area contributed by atoms with Crippen molar-refractivity contribution in [2.45, 2.75) is 10.2 Å². The average molecular weight is 487 g/mol. The first-order valence-corrected chi connectivity index (χ1v) is 9.53. The lowest BCUT2D eigenvalue weighted by Crippen LogP contribution is -2.30. The number of carbonyl (C=O) groups excluding carboxylic acids is 2. The highest BCUT2D eigenvalue weighted by Crippen LogP contribution is 2.33. The molecule has 0 aliphatic carbocycles. The summed E-state index contributed by atoms with van der Waals surface area (Å²) >= 11 is 28.6. The highest BCUT2D eigenvalue weighted by Gasteiger charge is 2.22. The molecule has 11 heteroatoms. The van der Waals surface area contributed by atoms with E-state index in [-0.39, 0.29) is 6.42 Å². The number of alkyl halides is 3. The molecule has 6 nitrogen and oxygen atoms in total. The third-order valence-corrected chi connectivity index (χ3v) is 4.15. The van der Waals surface area contributed by atoms with Crippen LogP contribution in [-0.4, -0.2) is 22.5 Å². The van der Waals surface area contributed by atoms with Crippen molar-refractivity contribution in [1.29, 1.82) is 0 Å². The number of hydrogen-bond donors (Lipinski definition) is 2. The Morgan fingerprint density at radius 2 is 1.61 bits per heavy atom. The number of nitrogens with one attached hydrogen (secondary N) is 2. The average Bonchev–Trinajstić information content (AvgIpc) is 2.62. The molecule has 0 aromatic heterocycles. The normalized spacial score (nSPS) is 10.9. The molecular weight excluding hydrogens is 473 g/mol. The van der Waals surface area contributed by atoms with Gasteiger partial charge in [-0.25, -0.2) is 9.59 Å². The van der Waals surface area contributed by atoms with Crippen LogP contribution in [0.2, 0.25) is 10.0 Å². The Bertz CT molecular complexity index is 837. The van der Waals surface area contributed by atoms with E-state index in [1.165, 1.54) is 0 Å². The Morgan fingerprint density at radius 1 is 0.964 bits per heavy atom. The first-order chi connectivity index (χ1) is 13.2. The molecule has 1 amide bonds. The number of halogens is 5. The molecule has 2 N–H and O–H groups in total. The Balaban J connectivity index is 1.97. The van der Waals surface area contributed by atoms with E-state index in [4.69, 9.17) is 58.0 Å². The topological polar surface area (TPSA) is 76.7 Å². The molecule has 0 fully saturated rings. The molecule has 0 unspecified atom stereocenters. The number of rotatable bonds is 5. The number of hydroxylamine groups is 1. The maximum Gasteiger partial charge on any atom is 0.440 e. The predicted molar refractivity (Wildman–Crippen MR) is 111 cm³/mol. The van der Waals surface area contributed by atoms with Gasteiger partial charge in [-0.2, -0.15) is 0 Å². The van der Waals surface area contributed by atoms with Crippen molar-refractivity contribution >= 4 is 81.4 Å². The summed E-state index contributed by atoms with van der Waals surface area (Å²) < 4.78 is 2.80. The first kappa shape index (κ1) is 22.7. The fourth-order valence-corrected chi connectivity index (χ4v) is 2.67. The van der Waals surface area contributed by atoms with Gasteiger partial charge < -0.3 is 14.9 Å². The van der Waals surface area contributed by atoms with Crippen LogP contribution in [0.5, 0.6) is 0 Å². The molecule has 0 aliphatic heterocycles. The van der Waals surface area contributed by atoms with Gasteiger partial charge >= 0.3 is 12.1 Å². The van der Waals surface area contributed by atoms with Crippen molar-refractivity contribution in [3.05, 3.63) is 58.1 Å². The monoisotopic (exact) mass is 484 g/mol. The van der Waals surface area contributed by atoms with Gasteiger partial charge in [-0.3, -0.25) is 0 Å². The zero-order valence-corrected chi connectivity index (χ0v) is 17.8. The zero-order chi connectivity index (χ0) is 20.7.